The Morgan fingerprint density at radius 3 is 2.68 bits per heavy atom. The lowest BCUT2D eigenvalue weighted by Crippen LogP contribution is -2.12. The lowest BCUT2D eigenvalue weighted by molar-refractivity contribution is 0.0999. The fourth-order valence-corrected chi connectivity index (χ4v) is 2.04. The van der Waals surface area contributed by atoms with Gasteiger partial charge in [0.05, 0.1) is 11.3 Å². The summed E-state index contributed by atoms with van der Waals surface area (Å²) in [7, 11) is 0. The molecule has 3 rings (SSSR count). The molecular formula is C14H12N4O. The summed E-state index contributed by atoms with van der Waals surface area (Å²) >= 11 is 0. The van der Waals surface area contributed by atoms with Gasteiger partial charge in [-0.3, -0.25) is 9.20 Å². The van der Waals surface area contributed by atoms with Crippen molar-refractivity contribution < 1.29 is 4.79 Å². The maximum Gasteiger partial charge on any atom is 0.251 e. The zero-order valence-corrected chi connectivity index (χ0v) is 10.4. The van der Waals surface area contributed by atoms with Crippen LogP contribution < -0.4 is 5.73 Å². The van der Waals surface area contributed by atoms with E-state index in [0.717, 1.165) is 17.0 Å². The minimum absolute atomic E-state index is 0.368. The Kier molecular flexibility index (Phi) is 2.52. The highest BCUT2D eigenvalue weighted by Gasteiger charge is 2.12. The number of rotatable bonds is 2. The minimum Gasteiger partial charge on any atom is -0.366 e. The second-order valence-electron chi connectivity index (χ2n) is 4.29. The van der Waals surface area contributed by atoms with E-state index >= 15 is 0 Å². The molecule has 2 N–H and O–H groups in total. The molecule has 3 aromatic rings. The van der Waals surface area contributed by atoms with Crippen molar-refractivity contribution in [2.75, 3.05) is 0 Å². The first kappa shape index (κ1) is 11.4. The largest absolute Gasteiger partial charge is 0.366 e. The smallest absolute Gasteiger partial charge is 0.251 e. The third kappa shape index (κ3) is 1.85. The number of carbonyl (C=O) groups excluding carboxylic acids is 1. The Labute approximate surface area is 109 Å². The van der Waals surface area contributed by atoms with Crippen molar-refractivity contribution in [2.45, 2.75) is 6.92 Å². The molecule has 0 aliphatic heterocycles. The van der Waals surface area contributed by atoms with Crippen LogP contribution in [0, 0.1) is 6.92 Å². The normalized spacial score (nSPS) is 10.8. The predicted octanol–water partition coefficient (Wildman–Crippen LogP) is 1.80. The average molecular weight is 252 g/mol. The molecule has 2 aromatic heterocycles. The molecule has 0 atom stereocenters. The number of hydrogen-bond donors (Lipinski definition) is 1. The maximum absolute atomic E-state index is 11.2. The van der Waals surface area contributed by atoms with Crippen molar-refractivity contribution in [3.8, 4) is 11.3 Å². The molecule has 19 heavy (non-hydrogen) atoms. The Hall–Kier alpha value is -2.69. The molecule has 94 valence electrons. The Bertz CT molecular complexity index is 762. The SMILES string of the molecule is Cc1c(-c2ccccc2)nc2ncc(C(N)=O)cn12. The maximum atomic E-state index is 11.2. The van der Waals surface area contributed by atoms with Gasteiger partial charge in [0.15, 0.2) is 0 Å². The van der Waals surface area contributed by atoms with Crippen molar-refractivity contribution in [3.63, 3.8) is 0 Å². The van der Waals surface area contributed by atoms with E-state index in [-0.39, 0.29) is 0 Å². The summed E-state index contributed by atoms with van der Waals surface area (Å²) in [5, 5.41) is 0. The summed E-state index contributed by atoms with van der Waals surface area (Å²) in [6, 6.07) is 9.85. The van der Waals surface area contributed by atoms with Crippen LogP contribution >= 0.6 is 0 Å². The van der Waals surface area contributed by atoms with Crippen LogP contribution in [0.4, 0.5) is 0 Å². The van der Waals surface area contributed by atoms with E-state index < -0.39 is 5.91 Å². The predicted molar refractivity (Wildman–Crippen MR) is 71.7 cm³/mol. The van der Waals surface area contributed by atoms with Crippen LogP contribution in [0.3, 0.4) is 0 Å². The van der Waals surface area contributed by atoms with E-state index in [1.807, 2.05) is 37.3 Å². The van der Waals surface area contributed by atoms with Crippen molar-refractivity contribution in [1.82, 2.24) is 14.4 Å². The second kappa shape index (κ2) is 4.20. The average Bonchev–Trinajstić information content (AvgIpc) is 2.77. The zero-order valence-electron chi connectivity index (χ0n) is 10.4. The molecule has 0 aliphatic rings. The third-order valence-electron chi connectivity index (χ3n) is 3.05. The summed E-state index contributed by atoms with van der Waals surface area (Å²) in [5.74, 6) is 0.0603. The molecule has 1 amide bonds. The number of aryl methyl sites for hydroxylation is 1. The summed E-state index contributed by atoms with van der Waals surface area (Å²) < 4.78 is 1.78. The van der Waals surface area contributed by atoms with Gasteiger partial charge in [0.1, 0.15) is 0 Å². The van der Waals surface area contributed by atoms with Gasteiger partial charge in [0.2, 0.25) is 5.78 Å². The monoisotopic (exact) mass is 252 g/mol. The van der Waals surface area contributed by atoms with Crippen LogP contribution in [0.5, 0.6) is 0 Å². The standard InChI is InChI=1S/C14H12N4O/c1-9-12(10-5-3-2-4-6-10)17-14-16-7-11(13(15)19)8-18(9)14/h2-8H,1H3,(H2,15,19). The number of carbonyl (C=O) groups is 1. The van der Waals surface area contributed by atoms with Gasteiger partial charge in [0, 0.05) is 23.7 Å². The van der Waals surface area contributed by atoms with Gasteiger partial charge >= 0.3 is 0 Å². The van der Waals surface area contributed by atoms with E-state index in [9.17, 15) is 4.79 Å². The van der Waals surface area contributed by atoms with Crippen LogP contribution in [-0.4, -0.2) is 20.3 Å². The van der Waals surface area contributed by atoms with Crippen molar-refractivity contribution in [3.05, 3.63) is 54.0 Å². The van der Waals surface area contributed by atoms with Gasteiger partial charge in [-0.15, -0.1) is 0 Å². The molecule has 5 heteroatoms. The Morgan fingerprint density at radius 1 is 1.26 bits per heavy atom. The fourth-order valence-electron chi connectivity index (χ4n) is 2.04. The number of hydrogen-bond acceptors (Lipinski definition) is 3. The van der Waals surface area contributed by atoms with Gasteiger partial charge < -0.3 is 5.73 Å². The highest BCUT2D eigenvalue weighted by molar-refractivity contribution is 5.92. The lowest BCUT2D eigenvalue weighted by Gasteiger charge is -2.00. The van der Waals surface area contributed by atoms with Gasteiger partial charge in [-0.1, -0.05) is 30.3 Å². The quantitative estimate of drug-likeness (QED) is 0.755. The molecule has 0 radical (unpaired) electrons. The molecule has 0 aliphatic carbocycles. The van der Waals surface area contributed by atoms with E-state index in [4.69, 9.17) is 5.73 Å². The first-order valence-electron chi connectivity index (χ1n) is 5.87. The number of benzene rings is 1. The van der Waals surface area contributed by atoms with E-state index in [0.29, 0.717) is 11.3 Å². The van der Waals surface area contributed by atoms with Crippen LogP contribution in [0.1, 0.15) is 16.1 Å². The molecule has 0 spiro atoms. The first-order chi connectivity index (χ1) is 9.16. The van der Waals surface area contributed by atoms with Crippen LogP contribution in [0.25, 0.3) is 17.0 Å². The molecule has 5 nitrogen and oxygen atoms in total. The third-order valence-corrected chi connectivity index (χ3v) is 3.05. The molecule has 0 bridgehead atoms. The number of fused-ring (bicyclic) bond motifs is 1. The van der Waals surface area contributed by atoms with E-state index in [1.165, 1.54) is 6.20 Å². The Balaban J connectivity index is 2.24. The number of nitrogens with two attached hydrogens (primary N) is 1. The van der Waals surface area contributed by atoms with Crippen molar-refractivity contribution in [2.24, 2.45) is 5.73 Å². The minimum atomic E-state index is -0.497. The molecule has 0 unspecified atom stereocenters. The number of amides is 1. The molecular weight excluding hydrogens is 240 g/mol. The molecule has 0 saturated heterocycles. The van der Waals surface area contributed by atoms with Crippen LogP contribution in [0.2, 0.25) is 0 Å². The van der Waals surface area contributed by atoms with Gasteiger partial charge in [-0.2, -0.15) is 0 Å². The van der Waals surface area contributed by atoms with Crippen molar-refractivity contribution >= 4 is 11.7 Å². The molecule has 2 heterocycles. The summed E-state index contributed by atoms with van der Waals surface area (Å²) in [6.45, 7) is 1.94. The van der Waals surface area contributed by atoms with E-state index in [1.54, 1.807) is 10.6 Å². The molecule has 1 aromatic carbocycles. The number of primary amides is 1. The summed E-state index contributed by atoms with van der Waals surface area (Å²) in [6.07, 6.45) is 3.11. The summed E-state index contributed by atoms with van der Waals surface area (Å²) in [4.78, 5) is 19.8. The zero-order chi connectivity index (χ0) is 13.4. The summed E-state index contributed by atoms with van der Waals surface area (Å²) in [5.41, 5.74) is 8.43. The molecule has 0 saturated carbocycles. The van der Waals surface area contributed by atoms with Gasteiger partial charge in [-0.05, 0) is 6.92 Å². The molecule has 0 fully saturated rings. The second-order valence-corrected chi connectivity index (χ2v) is 4.29. The van der Waals surface area contributed by atoms with E-state index in [2.05, 4.69) is 9.97 Å². The number of nitrogens with zero attached hydrogens (tertiary/aromatic N) is 3. The van der Waals surface area contributed by atoms with Crippen LogP contribution in [0.15, 0.2) is 42.7 Å². The van der Waals surface area contributed by atoms with Crippen molar-refractivity contribution in [1.29, 1.82) is 0 Å². The van der Waals surface area contributed by atoms with Crippen LogP contribution in [-0.2, 0) is 0 Å². The lowest BCUT2D eigenvalue weighted by atomic mass is 10.1. The van der Waals surface area contributed by atoms with Gasteiger partial charge in [-0.25, -0.2) is 9.97 Å². The fraction of sp³-hybridized carbons (Fsp3) is 0.0714. The first-order valence-corrected chi connectivity index (χ1v) is 5.87. The highest BCUT2D eigenvalue weighted by Crippen LogP contribution is 2.22. The topological polar surface area (TPSA) is 73.3 Å². The Morgan fingerprint density at radius 2 is 2.00 bits per heavy atom. The number of imidazole rings is 1. The number of aromatic nitrogens is 3. The van der Waals surface area contributed by atoms with Gasteiger partial charge in [0.25, 0.3) is 5.91 Å². The highest BCUT2D eigenvalue weighted by atomic mass is 16.1.